The molecule has 6 aromatic carbocycles. The van der Waals surface area contributed by atoms with E-state index in [1.165, 1.54) is 0 Å². The lowest BCUT2D eigenvalue weighted by molar-refractivity contribution is 0.568. The molecule has 0 aliphatic carbocycles. The van der Waals surface area contributed by atoms with Gasteiger partial charge in [0.05, 0.1) is 0 Å². The molecule has 6 aromatic rings. The molecule has 0 saturated heterocycles. The van der Waals surface area contributed by atoms with Gasteiger partial charge in [0.1, 0.15) is 0 Å². The highest BCUT2D eigenvalue weighted by Crippen LogP contribution is 2.45. The summed E-state index contributed by atoms with van der Waals surface area (Å²) < 4.78 is 32.0. The molecule has 0 fully saturated rings. The van der Waals surface area contributed by atoms with Gasteiger partial charge in [-0.3, -0.25) is 14.2 Å². The lowest BCUT2D eigenvalue weighted by Crippen LogP contribution is -2.29. The fourth-order valence-electron chi connectivity index (χ4n) is 4.89. The Morgan fingerprint density at radius 3 is 1.22 bits per heavy atom. The van der Waals surface area contributed by atoms with Crippen LogP contribution in [0.25, 0.3) is 0 Å². The molecule has 0 aliphatic heterocycles. The summed E-state index contributed by atoms with van der Waals surface area (Å²) in [6.07, 6.45) is 1.70. The SMILES string of the molecule is C[C@@H](NP(=O)(c1ccccc1)c1ccccc1)c1ccccc1.O=P(N=Cc1ccccc1)(c1ccccc1)c1ccccc1. The van der Waals surface area contributed by atoms with Gasteiger partial charge in [0, 0.05) is 33.5 Å². The number of benzene rings is 6. The van der Waals surface area contributed by atoms with Crippen molar-refractivity contribution in [3.8, 4) is 0 Å². The second-order valence-corrected chi connectivity index (χ2v) is 15.4. The highest BCUT2D eigenvalue weighted by molar-refractivity contribution is 7.77. The van der Waals surface area contributed by atoms with Crippen LogP contribution in [-0.4, -0.2) is 6.21 Å². The fourth-order valence-corrected chi connectivity index (χ4v) is 9.38. The summed E-state index contributed by atoms with van der Waals surface area (Å²) in [6.45, 7) is 2.05. The van der Waals surface area contributed by atoms with E-state index in [1.807, 2.05) is 177 Å². The standard InChI is InChI=1S/C20H20NOP.C19H16NOP/c1-17(18-11-5-2-6-12-18)21-23(22,19-13-7-3-8-14-19)20-15-9-4-10-16-20;21-22(18-12-6-2-7-13-18,19-14-8-3-9-15-19)20-16-17-10-4-1-5-11-17/h2-17H,1H3,(H,21,22);1-16H/t17-;/m1./s1. The quantitative estimate of drug-likeness (QED) is 0.130. The monoisotopic (exact) mass is 626 g/mol. The molecular formula is C39H36N2O2P2. The molecular weight excluding hydrogens is 590 g/mol. The van der Waals surface area contributed by atoms with Gasteiger partial charge >= 0.3 is 0 Å². The van der Waals surface area contributed by atoms with E-state index in [0.717, 1.165) is 32.3 Å². The fraction of sp³-hybridized carbons (Fsp3) is 0.0513. The first-order valence-corrected chi connectivity index (χ1v) is 18.2. The largest absolute Gasteiger partial charge is 0.297 e. The van der Waals surface area contributed by atoms with E-state index in [1.54, 1.807) is 6.21 Å². The lowest BCUT2D eigenvalue weighted by atomic mass is 10.1. The predicted molar refractivity (Wildman–Crippen MR) is 192 cm³/mol. The van der Waals surface area contributed by atoms with Crippen LogP contribution in [0, 0.1) is 0 Å². The Bertz CT molecular complexity index is 1780. The maximum Gasteiger partial charge on any atom is 0.247 e. The molecule has 0 spiro atoms. The lowest BCUT2D eigenvalue weighted by Gasteiger charge is -2.25. The summed E-state index contributed by atoms with van der Waals surface area (Å²) in [7, 11) is -5.92. The second-order valence-electron chi connectivity index (χ2n) is 10.4. The van der Waals surface area contributed by atoms with Crippen molar-refractivity contribution in [1.29, 1.82) is 0 Å². The molecule has 0 heterocycles. The minimum Gasteiger partial charge on any atom is -0.297 e. The normalized spacial score (nSPS) is 12.2. The Balaban J connectivity index is 0.000000178. The van der Waals surface area contributed by atoms with Gasteiger partial charge in [0.15, 0.2) is 0 Å². The zero-order valence-corrected chi connectivity index (χ0v) is 26.9. The van der Waals surface area contributed by atoms with Crippen LogP contribution >= 0.6 is 14.6 Å². The first-order chi connectivity index (χ1) is 22.0. The van der Waals surface area contributed by atoms with E-state index in [4.69, 9.17) is 0 Å². The summed E-state index contributed by atoms with van der Waals surface area (Å²) in [5.41, 5.74) is 2.06. The van der Waals surface area contributed by atoms with Gasteiger partial charge in [-0.1, -0.05) is 133 Å². The number of hydrogen-bond acceptors (Lipinski definition) is 2. The third-order valence-electron chi connectivity index (χ3n) is 7.30. The van der Waals surface area contributed by atoms with Crippen molar-refractivity contribution in [2.45, 2.75) is 13.0 Å². The maximum absolute atomic E-state index is 13.9. The van der Waals surface area contributed by atoms with Crippen molar-refractivity contribution in [3.63, 3.8) is 0 Å². The third kappa shape index (κ3) is 8.12. The molecule has 0 aliphatic rings. The molecule has 0 amide bonds. The van der Waals surface area contributed by atoms with Crippen molar-refractivity contribution >= 4 is 42.0 Å². The number of rotatable bonds is 9. The average molecular weight is 627 g/mol. The van der Waals surface area contributed by atoms with E-state index >= 15 is 0 Å². The predicted octanol–water partition coefficient (Wildman–Crippen LogP) is 8.30. The molecule has 6 heteroatoms. The topological polar surface area (TPSA) is 58.5 Å². The zero-order chi connectivity index (χ0) is 31.4. The van der Waals surface area contributed by atoms with Crippen LogP contribution in [0.3, 0.4) is 0 Å². The van der Waals surface area contributed by atoms with Gasteiger partial charge in [-0.25, -0.2) is 4.76 Å². The number of nitrogens with zero attached hydrogens (tertiary/aromatic N) is 1. The number of nitrogens with one attached hydrogen (secondary N) is 1. The van der Waals surface area contributed by atoms with Gasteiger partial charge in [-0.05, 0) is 66.6 Å². The van der Waals surface area contributed by atoms with Gasteiger partial charge in [-0.15, -0.1) is 0 Å². The zero-order valence-electron chi connectivity index (χ0n) is 25.1. The Hall–Kier alpha value is -4.59. The summed E-state index contributed by atoms with van der Waals surface area (Å²) >= 11 is 0. The smallest absolute Gasteiger partial charge is 0.247 e. The summed E-state index contributed by atoms with van der Waals surface area (Å²) in [5, 5.41) is 6.54. The van der Waals surface area contributed by atoms with Crippen LogP contribution in [-0.2, 0) is 9.13 Å². The Labute approximate surface area is 266 Å². The van der Waals surface area contributed by atoms with Crippen molar-refractivity contribution in [3.05, 3.63) is 193 Å². The molecule has 45 heavy (non-hydrogen) atoms. The van der Waals surface area contributed by atoms with Gasteiger partial charge in [-0.2, -0.15) is 0 Å². The van der Waals surface area contributed by atoms with Crippen molar-refractivity contribution in [1.82, 2.24) is 5.09 Å². The molecule has 1 N–H and O–H groups in total. The molecule has 6 rings (SSSR count). The highest BCUT2D eigenvalue weighted by atomic mass is 31.2. The van der Waals surface area contributed by atoms with E-state index in [0.29, 0.717) is 0 Å². The number of hydrogen-bond donors (Lipinski definition) is 1. The highest BCUT2D eigenvalue weighted by Gasteiger charge is 2.29. The minimum atomic E-state index is -3.02. The van der Waals surface area contributed by atoms with Gasteiger partial charge in [0.25, 0.3) is 0 Å². The average Bonchev–Trinajstić information content (AvgIpc) is 3.13. The van der Waals surface area contributed by atoms with Gasteiger partial charge in [0.2, 0.25) is 14.6 Å². The molecule has 1 atom stereocenters. The van der Waals surface area contributed by atoms with Crippen LogP contribution in [0.1, 0.15) is 24.1 Å². The van der Waals surface area contributed by atoms with E-state index < -0.39 is 14.6 Å². The third-order valence-corrected chi connectivity index (χ3v) is 12.5. The van der Waals surface area contributed by atoms with Crippen LogP contribution in [0.5, 0.6) is 0 Å². The Morgan fingerprint density at radius 2 is 0.822 bits per heavy atom. The molecule has 0 saturated carbocycles. The Kier molecular flexibility index (Phi) is 10.9. The first kappa shape index (κ1) is 31.8. The van der Waals surface area contributed by atoms with E-state index in [2.05, 4.69) is 22.0 Å². The second kappa shape index (κ2) is 15.4. The van der Waals surface area contributed by atoms with Crippen LogP contribution < -0.4 is 26.3 Å². The molecule has 0 unspecified atom stereocenters. The van der Waals surface area contributed by atoms with Crippen LogP contribution in [0.2, 0.25) is 0 Å². The van der Waals surface area contributed by atoms with Crippen molar-refractivity contribution in [2.24, 2.45) is 4.76 Å². The Morgan fingerprint density at radius 1 is 0.489 bits per heavy atom. The van der Waals surface area contributed by atoms with E-state index in [9.17, 15) is 9.13 Å². The first-order valence-electron chi connectivity index (χ1n) is 14.8. The molecule has 4 nitrogen and oxygen atoms in total. The molecule has 0 aromatic heterocycles. The van der Waals surface area contributed by atoms with Crippen LogP contribution in [0.15, 0.2) is 187 Å². The van der Waals surface area contributed by atoms with E-state index in [-0.39, 0.29) is 6.04 Å². The van der Waals surface area contributed by atoms with Gasteiger partial charge < -0.3 is 0 Å². The van der Waals surface area contributed by atoms with Crippen LogP contribution in [0.4, 0.5) is 0 Å². The summed E-state index contributed by atoms with van der Waals surface area (Å²) in [4.78, 5) is 0. The summed E-state index contributed by atoms with van der Waals surface area (Å²) in [5.74, 6) is 0. The maximum atomic E-state index is 13.9. The minimum absolute atomic E-state index is 0.0116. The molecule has 0 bridgehead atoms. The summed E-state index contributed by atoms with van der Waals surface area (Å²) in [6, 6.07) is 58.0. The molecule has 224 valence electrons. The van der Waals surface area contributed by atoms with Crippen molar-refractivity contribution < 1.29 is 9.13 Å². The molecule has 0 radical (unpaired) electrons. The van der Waals surface area contributed by atoms with Crippen molar-refractivity contribution in [2.75, 3.05) is 0 Å².